The molecule has 0 saturated carbocycles. The van der Waals surface area contributed by atoms with Crippen molar-refractivity contribution in [2.75, 3.05) is 36.4 Å². The number of nitrogens with zero attached hydrogens (tertiary/aromatic N) is 5. The first-order valence-electron chi connectivity index (χ1n) is 8.48. The van der Waals surface area contributed by atoms with Crippen molar-refractivity contribution in [3.8, 4) is 0 Å². The Morgan fingerprint density at radius 1 is 1.04 bits per heavy atom. The molecular formula is C18H24N6O. The number of carbonyl (C=O) groups excluding carboxylic acids is 1. The molecule has 1 aliphatic heterocycles. The van der Waals surface area contributed by atoms with Crippen molar-refractivity contribution in [2.24, 2.45) is 0 Å². The first-order chi connectivity index (χ1) is 11.9. The number of hydrogen-bond donors (Lipinski definition) is 1. The SMILES string of the molecule is CC(C)(C)c1ncc(NC(=O)N2CCN(c3ccccn3)CC2)cn1. The van der Waals surface area contributed by atoms with Gasteiger partial charge in [0.15, 0.2) is 0 Å². The number of urea groups is 1. The molecule has 0 spiro atoms. The highest BCUT2D eigenvalue weighted by atomic mass is 16.2. The van der Waals surface area contributed by atoms with Crippen molar-refractivity contribution in [3.63, 3.8) is 0 Å². The second-order valence-electron chi connectivity index (χ2n) is 7.14. The van der Waals surface area contributed by atoms with Crippen LogP contribution >= 0.6 is 0 Å². The summed E-state index contributed by atoms with van der Waals surface area (Å²) in [6.07, 6.45) is 5.11. The molecule has 0 aromatic carbocycles. The third-order valence-electron chi connectivity index (χ3n) is 4.11. The lowest BCUT2D eigenvalue weighted by Gasteiger charge is -2.35. The molecule has 25 heavy (non-hydrogen) atoms. The van der Waals surface area contributed by atoms with Gasteiger partial charge in [0.2, 0.25) is 0 Å². The molecule has 2 amide bonds. The van der Waals surface area contributed by atoms with Crippen molar-refractivity contribution in [1.29, 1.82) is 0 Å². The summed E-state index contributed by atoms with van der Waals surface area (Å²) in [4.78, 5) is 29.4. The minimum Gasteiger partial charge on any atom is -0.353 e. The Kier molecular flexibility index (Phi) is 4.83. The Balaban J connectivity index is 1.54. The van der Waals surface area contributed by atoms with E-state index in [9.17, 15) is 4.79 Å². The average Bonchev–Trinajstić information content (AvgIpc) is 2.62. The summed E-state index contributed by atoms with van der Waals surface area (Å²) in [5.41, 5.74) is 0.509. The molecule has 7 nitrogen and oxygen atoms in total. The molecule has 3 heterocycles. The van der Waals surface area contributed by atoms with Crippen LogP contribution in [0.1, 0.15) is 26.6 Å². The van der Waals surface area contributed by atoms with Gasteiger partial charge in [0, 0.05) is 37.8 Å². The second kappa shape index (κ2) is 7.04. The molecule has 1 saturated heterocycles. The molecule has 7 heteroatoms. The van der Waals surface area contributed by atoms with Crippen LogP contribution < -0.4 is 10.2 Å². The highest BCUT2D eigenvalue weighted by molar-refractivity contribution is 5.89. The Bertz CT molecular complexity index is 703. The van der Waals surface area contributed by atoms with Crippen LogP contribution in [0, 0.1) is 0 Å². The van der Waals surface area contributed by atoms with Crippen molar-refractivity contribution in [2.45, 2.75) is 26.2 Å². The highest BCUT2D eigenvalue weighted by Gasteiger charge is 2.22. The number of hydrogen-bond acceptors (Lipinski definition) is 5. The topological polar surface area (TPSA) is 74.2 Å². The third-order valence-corrected chi connectivity index (χ3v) is 4.11. The molecule has 1 aliphatic rings. The van der Waals surface area contributed by atoms with Gasteiger partial charge in [0.25, 0.3) is 0 Å². The zero-order valence-corrected chi connectivity index (χ0v) is 14.9. The molecule has 0 unspecified atom stereocenters. The van der Waals surface area contributed by atoms with Crippen LogP contribution in [0.2, 0.25) is 0 Å². The monoisotopic (exact) mass is 340 g/mol. The van der Waals surface area contributed by atoms with E-state index in [1.807, 2.05) is 18.2 Å². The van der Waals surface area contributed by atoms with Gasteiger partial charge in [-0.3, -0.25) is 0 Å². The standard InChI is InChI=1S/C18H24N6O/c1-18(2,3)16-20-12-14(13-21-16)22-17(25)24-10-8-23(9-11-24)15-6-4-5-7-19-15/h4-7,12-13H,8-11H2,1-3H3,(H,22,25). The van der Waals surface area contributed by atoms with Crippen LogP contribution in [0.25, 0.3) is 0 Å². The maximum absolute atomic E-state index is 12.4. The van der Waals surface area contributed by atoms with Crippen molar-refractivity contribution < 1.29 is 4.79 Å². The molecule has 3 rings (SSSR count). The van der Waals surface area contributed by atoms with Crippen LogP contribution in [0.15, 0.2) is 36.8 Å². The molecule has 0 aliphatic carbocycles. The van der Waals surface area contributed by atoms with Gasteiger partial charge >= 0.3 is 6.03 Å². The maximum atomic E-state index is 12.4. The van der Waals surface area contributed by atoms with Crippen LogP contribution in [0.3, 0.4) is 0 Å². The van der Waals surface area contributed by atoms with E-state index < -0.39 is 0 Å². The predicted molar refractivity (Wildman–Crippen MR) is 97.8 cm³/mol. The fraction of sp³-hybridized carbons (Fsp3) is 0.444. The third kappa shape index (κ3) is 4.23. The van der Waals surface area contributed by atoms with Gasteiger partial charge in [-0.2, -0.15) is 0 Å². The van der Waals surface area contributed by atoms with Gasteiger partial charge in [0.1, 0.15) is 11.6 Å². The second-order valence-corrected chi connectivity index (χ2v) is 7.14. The van der Waals surface area contributed by atoms with Gasteiger partial charge in [0.05, 0.1) is 18.1 Å². The van der Waals surface area contributed by atoms with Crippen LogP contribution in [0.5, 0.6) is 0 Å². The number of piperazine rings is 1. The van der Waals surface area contributed by atoms with Crippen molar-refractivity contribution in [1.82, 2.24) is 19.9 Å². The molecule has 1 fully saturated rings. The summed E-state index contributed by atoms with van der Waals surface area (Å²) in [5.74, 6) is 1.71. The lowest BCUT2D eigenvalue weighted by molar-refractivity contribution is 0.208. The van der Waals surface area contributed by atoms with Gasteiger partial charge in [-0.15, -0.1) is 0 Å². The number of nitrogens with one attached hydrogen (secondary N) is 1. The summed E-state index contributed by atoms with van der Waals surface area (Å²) >= 11 is 0. The average molecular weight is 340 g/mol. The quantitative estimate of drug-likeness (QED) is 0.909. The number of aromatic nitrogens is 3. The molecule has 0 radical (unpaired) electrons. The van der Waals surface area contributed by atoms with Crippen LogP contribution in [-0.4, -0.2) is 52.1 Å². The van der Waals surface area contributed by atoms with E-state index in [0.717, 1.165) is 24.7 Å². The first kappa shape index (κ1) is 17.1. The zero-order chi connectivity index (χ0) is 17.9. The smallest absolute Gasteiger partial charge is 0.322 e. The first-order valence-corrected chi connectivity index (χ1v) is 8.48. The lowest BCUT2D eigenvalue weighted by atomic mass is 9.96. The Morgan fingerprint density at radius 3 is 2.28 bits per heavy atom. The predicted octanol–water partition coefficient (Wildman–Crippen LogP) is 2.52. The largest absolute Gasteiger partial charge is 0.353 e. The summed E-state index contributed by atoms with van der Waals surface area (Å²) in [6, 6.07) is 5.75. The summed E-state index contributed by atoms with van der Waals surface area (Å²) in [5, 5.41) is 2.87. The van der Waals surface area contributed by atoms with Gasteiger partial charge in [-0.25, -0.2) is 19.7 Å². The highest BCUT2D eigenvalue weighted by Crippen LogP contribution is 2.18. The van der Waals surface area contributed by atoms with Gasteiger partial charge in [-0.05, 0) is 12.1 Å². The Hall–Kier alpha value is -2.70. The molecule has 2 aromatic rings. The Morgan fingerprint density at radius 2 is 1.72 bits per heavy atom. The minimum absolute atomic E-state index is 0.107. The number of amides is 2. The summed E-state index contributed by atoms with van der Waals surface area (Å²) < 4.78 is 0. The minimum atomic E-state index is -0.118. The molecular weight excluding hydrogens is 316 g/mol. The van der Waals surface area contributed by atoms with E-state index in [1.54, 1.807) is 23.5 Å². The molecule has 1 N–H and O–H groups in total. The summed E-state index contributed by atoms with van der Waals surface area (Å²) in [6.45, 7) is 9.02. The number of anilines is 2. The van der Waals surface area contributed by atoms with Crippen LogP contribution in [0.4, 0.5) is 16.3 Å². The van der Waals surface area contributed by atoms with E-state index in [1.165, 1.54) is 0 Å². The fourth-order valence-electron chi connectivity index (χ4n) is 2.66. The van der Waals surface area contributed by atoms with E-state index in [0.29, 0.717) is 18.8 Å². The fourth-order valence-corrected chi connectivity index (χ4v) is 2.66. The molecule has 0 bridgehead atoms. The van der Waals surface area contributed by atoms with Crippen molar-refractivity contribution in [3.05, 3.63) is 42.6 Å². The van der Waals surface area contributed by atoms with Gasteiger partial charge < -0.3 is 15.1 Å². The van der Waals surface area contributed by atoms with E-state index in [-0.39, 0.29) is 11.4 Å². The molecule has 2 aromatic heterocycles. The van der Waals surface area contributed by atoms with Crippen LogP contribution in [-0.2, 0) is 5.41 Å². The number of rotatable bonds is 2. The normalized spacial score (nSPS) is 15.2. The summed E-state index contributed by atoms with van der Waals surface area (Å²) in [7, 11) is 0. The van der Waals surface area contributed by atoms with E-state index in [4.69, 9.17) is 0 Å². The molecule has 0 atom stereocenters. The van der Waals surface area contributed by atoms with Gasteiger partial charge in [-0.1, -0.05) is 26.8 Å². The van der Waals surface area contributed by atoms with Crippen molar-refractivity contribution >= 4 is 17.5 Å². The van der Waals surface area contributed by atoms with E-state index >= 15 is 0 Å². The molecule has 132 valence electrons. The number of pyridine rings is 1. The number of carbonyl (C=O) groups is 1. The maximum Gasteiger partial charge on any atom is 0.322 e. The lowest BCUT2D eigenvalue weighted by Crippen LogP contribution is -2.50. The zero-order valence-electron chi connectivity index (χ0n) is 14.9. The van der Waals surface area contributed by atoms with E-state index in [2.05, 4.69) is 45.9 Å². The Labute approximate surface area is 148 Å².